The van der Waals surface area contributed by atoms with Crippen LogP contribution < -0.4 is 9.47 Å². The predicted molar refractivity (Wildman–Crippen MR) is 64.9 cm³/mol. The molecule has 1 N–H and O–H groups in total. The minimum absolute atomic E-state index is 0.195. The topological polar surface area (TPSA) is 82.3 Å². The molecule has 0 bridgehead atoms. The molecule has 1 atom stereocenters. The summed E-state index contributed by atoms with van der Waals surface area (Å²) in [4.78, 5) is 1.31. The van der Waals surface area contributed by atoms with Crippen LogP contribution in [-0.4, -0.2) is 32.1 Å². The van der Waals surface area contributed by atoms with Crippen molar-refractivity contribution in [1.82, 2.24) is 20.2 Å². The van der Waals surface area contributed by atoms with Crippen molar-refractivity contribution in [2.45, 2.75) is 18.5 Å². The number of aliphatic hydroxyl groups excluding tert-OH is 1. The van der Waals surface area contributed by atoms with Crippen molar-refractivity contribution in [3.8, 4) is 11.5 Å². The summed E-state index contributed by atoms with van der Waals surface area (Å²) in [5.41, 5.74) is 0.703. The first kappa shape index (κ1) is 12.2. The Bertz CT molecular complexity index is 589. The Labute approximate surface area is 113 Å². The van der Waals surface area contributed by atoms with Gasteiger partial charge in [0.15, 0.2) is 17.3 Å². The molecule has 0 fully saturated rings. The number of fused-ring (bicyclic) bond motifs is 1. The lowest BCUT2D eigenvalue weighted by molar-refractivity contribution is 0.144. The highest BCUT2D eigenvalue weighted by Gasteiger charge is 2.17. The minimum Gasteiger partial charge on any atom is -0.454 e. The zero-order valence-corrected chi connectivity index (χ0v) is 10.6. The van der Waals surface area contributed by atoms with E-state index in [0.717, 1.165) is 0 Å². The van der Waals surface area contributed by atoms with Gasteiger partial charge in [0.2, 0.25) is 6.79 Å². The van der Waals surface area contributed by atoms with Gasteiger partial charge in [0.1, 0.15) is 6.10 Å². The number of aromatic nitrogens is 4. The minimum atomic E-state index is -0.758. The third-order valence-corrected chi connectivity index (χ3v) is 2.97. The van der Waals surface area contributed by atoms with Crippen molar-refractivity contribution in [2.24, 2.45) is 0 Å². The highest BCUT2D eigenvalue weighted by atomic mass is 35.5. The van der Waals surface area contributed by atoms with Gasteiger partial charge in [-0.15, -0.1) is 21.8 Å². The second kappa shape index (κ2) is 5.02. The number of hydrogen-bond donors (Lipinski definition) is 1. The van der Waals surface area contributed by atoms with Crippen molar-refractivity contribution in [1.29, 1.82) is 0 Å². The molecule has 0 unspecified atom stereocenters. The third kappa shape index (κ3) is 2.47. The van der Waals surface area contributed by atoms with Crippen LogP contribution in [0, 0.1) is 0 Å². The molecule has 2 heterocycles. The van der Waals surface area contributed by atoms with Crippen LogP contribution in [-0.2, 0) is 12.4 Å². The zero-order chi connectivity index (χ0) is 13.2. The molecule has 1 aromatic carbocycles. The van der Waals surface area contributed by atoms with Gasteiger partial charge in [0.05, 0.1) is 12.4 Å². The van der Waals surface area contributed by atoms with Gasteiger partial charge in [-0.3, -0.25) is 0 Å². The molecular weight excluding hydrogens is 272 g/mol. The van der Waals surface area contributed by atoms with E-state index in [0.29, 0.717) is 22.9 Å². The van der Waals surface area contributed by atoms with E-state index in [4.69, 9.17) is 21.1 Å². The summed E-state index contributed by atoms with van der Waals surface area (Å²) in [7, 11) is 0. The molecule has 1 aliphatic rings. The molecule has 0 spiro atoms. The lowest BCUT2D eigenvalue weighted by Crippen LogP contribution is -2.11. The predicted octanol–water partition coefficient (Wildman–Crippen LogP) is 0.874. The normalized spacial score (nSPS) is 14.6. The average Bonchev–Trinajstić information content (AvgIpc) is 3.05. The first-order valence-corrected chi connectivity index (χ1v) is 6.20. The van der Waals surface area contributed by atoms with Crippen LogP contribution in [0.1, 0.15) is 17.5 Å². The molecule has 0 aliphatic carbocycles. The Kier molecular flexibility index (Phi) is 3.22. The van der Waals surface area contributed by atoms with Gasteiger partial charge in [-0.25, -0.2) is 0 Å². The van der Waals surface area contributed by atoms with Crippen LogP contribution in [0.4, 0.5) is 0 Å². The fraction of sp³-hybridized carbons (Fsp3) is 0.364. The molecule has 8 heteroatoms. The van der Waals surface area contributed by atoms with E-state index in [1.807, 2.05) is 0 Å². The SMILES string of the molecule is O[C@@H](Cn1nnc(CCl)n1)c1ccc2c(c1)OCO2. The molecule has 100 valence electrons. The standard InChI is InChI=1S/C11H11ClN4O3/c12-4-11-13-15-16(14-11)5-8(17)7-1-2-9-10(3-7)19-6-18-9/h1-3,8,17H,4-6H2/t8-/m0/s1. The molecule has 0 amide bonds. The number of aliphatic hydroxyl groups is 1. The van der Waals surface area contributed by atoms with Crippen molar-refractivity contribution in [3.05, 3.63) is 29.6 Å². The van der Waals surface area contributed by atoms with E-state index < -0.39 is 6.10 Å². The number of hydrogen-bond acceptors (Lipinski definition) is 6. The van der Waals surface area contributed by atoms with Gasteiger partial charge < -0.3 is 14.6 Å². The summed E-state index contributed by atoms with van der Waals surface area (Å²) in [5, 5.41) is 21.7. The van der Waals surface area contributed by atoms with Gasteiger partial charge in [-0.05, 0) is 22.9 Å². The van der Waals surface area contributed by atoms with Gasteiger partial charge in [-0.2, -0.15) is 4.80 Å². The monoisotopic (exact) mass is 282 g/mol. The maximum absolute atomic E-state index is 10.1. The van der Waals surface area contributed by atoms with Crippen LogP contribution in [0.2, 0.25) is 0 Å². The van der Waals surface area contributed by atoms with Crippen molar-refractivity contribution in [2.75, 3.05) is 6.79 Å². The molecule has 7 nitrogen and oxygen atoms in total. The maximum atomic E-state index is 10.1. The number of benzene rings is 1. The molecule has 1 aliphatic heterocycles. The lowest BCUT2D eigenvalue weighted by Gasteiger charge is -2.10. The number of tetrazole rings is 1. The van der Waals surface area contributed by atoms with Crippen molar-refractivity contribution >= 4 is 11.6 Å². The van der Waals surface area contributed by atoms with Crippen molar-refractivity contribution in [3.63, 3.8) is 0 Å². The van der Waals surface area contributed by atoms with Gasteiger partial charge in [0, 0.05) is 0 Å². The molecule has 3 rings (SSSR count). The summed E-state index contributed by atoms with van der Waals surface area (Å²) < 4.78 is 10.5. The number of alkyl halides is 1. The molecule has 2 aromatic rings. The van der Waals surface area contributed by atoms with E-state index in [2.05, 4.69) is 15.4 Å². The van der Waals surface area contributed by atoms with E-state index in [1.165, 1.54) is 4.80 Å². The van der Waals surface area contributed by atoms with E-state index >= 15 is 0 Å². The van der Waals surface area contributed by atoms with Crippen LogP contribution in [0.25, 0.3) is 0 Å². The lowest BCUT2D eigenvalue weighted by atomic mass is 10.1. The number of rotatable bonds is 4. The molecule has 1 aromatic heterocycles. The Hall–Kier alpha value is -1.86. The highest BCUT2D eigenvalue weighted by molar-refractivity contribution is 6.16. The van der Waals surface area contributed by atoms with E-state index in [-0.39, 0.29) is 19.2 Å². The maximum Gasteiger partial charge on any atom is 0.231 e. The second-order valence-corrected chi connectivity index (χ2v) is 4.29. The number of halogens is 1. The van der Waals surface area contributed by atoms with E-state index in [1.54, 1.807) is 18.2 Å². The third-order valence-electron chi connectivity index (χ3n) is 2.73. The first-order valence-electron chi connectivity index (χ1n) is 5.66. The van der Waals surface area contributed by atoms with Crippen LogP contribution in [0.5, 0.6) is 11.5 Å². The van der Waals surface area contributed by atoms with Gasteiger partial charge in [-0.1, -0.05) is 6.07 Å². The smallest absolute Gasteiger partial charge is 0.231 e. The number of ether oxygens (including phenoxy) is 2. The fourth-order valence-corrected chi connectivity index (χ4v) is 1.89. The Morgan fingerprint density at radius 3 is 3.00 bits per heavy atom. The quantitative estimate of drug-likeness (QED) is 0.838. The van der Waals surface area contributed by atoms with Gasteiger partial charge in [0.25, 0.3) is 0 Å². The highest BCUT2D eigenvalue weighted by Crippen LogP contribution is 2.34. The average molecular weight is 283 g/mol. The Morgan fingerprint density at radius 1 is 1.37 bits per heavy atom. The number of nitrogens with zero attached hydrogens (tertiary/aromatic N) is 4. The summed E-state index contributed by atoms with van der Waals surface area (Å²) in [6.45, 7) is 0.405. The molecule has 0 radical (unpaired) electrons. The summed E-state index contributed by atoms with van der Waals surface area (Å²) in [6, 6.07) is 5.28. The Morgan fingerprint density at radius 2 is 2.21 bits per heavy atom. The molecule has 0 saturated carbocycles. The van der Waals surface area contributed by atoms with Crippen molar-refractivity contribution < 1.29 is 14.6 Å². The largest absolute Gasteiger partial charge is 0.454 e. The van der Waals surface area contributed by atoms with Crippen LogP contribution in [0.15, 0.2) is 18.2 Å². The van der Waals surface area contributed by atoms with Crippen LogP contribution >= 0.6 is 11.6 Å². The summed E-state index contributed by atoms with van der Waals surface area (Å²) in [6.07, 6.45) is -0.758. The van der Waals surface area contributed by atoms with E-state index in [9.17, 15) is 5.11 Å². The Balaban J connectivity index is 1.74. The molecule has 19 heavy (non-hydrogen) atoms. The second-order valence-electron chi connectivity index (χ2n) is 4.02. The summed E-state index contributed by atoms with van der Waals surface area (Å²) in [5.74, 6) is 1.93. The van der Waals surface area contributed by atoms with Crippen LogP contribution in [0.3, 0.4) is 0 Å². The first-order chi connectivity index (χ1) is 9.26. The molecule has 0 saturated heterocycles. The molecular formula is C11H11ClN4O3. The summed E-state index contributed by atoms with van der Waals surface area (Å²) >= 11 is 5.59. The zero-order valence-electron chi connectivity index (χ0n) is 9.86. The fourth-order valence-electron chi connectivity index (χ4n) is 1.79. The van der Waals surface area contributed by atoms with Gasteiger partial charge >= 0.3 is 0 Å².